The summed E-state index contributed by atoms with van der Waals surface area (Å²) in [6, 6.07) is 6.59. The van der Waals surface area contributed by atoms with Crippen LogP contribution in [0.3, 0.4) is 0 Å². The Labute approximate surface area is 105 Å². The van der Waals surface area contributed by atoms with E-state index in [1.807, 2.05) is 0 Å². The SMILES string of the molecule is N[C@@H](c1ccc(OC(F)F)cc1)C1CCNCC1. The van der Waals surface area contributed by atoms with Crippen LogP contribution in [0.25, 0.3) is 0 Å². The van der Waals surface area contributed by atoms with Crippen LogP contribution in [0.4, 0.5) is 8.78 Å². The third-order valence-corrected chi connectivity index (χ3v) is 3.38. The lowest BCUT2D eigenvalue weighted by molar-refractivity contribution is -0.0498. The predicted octanol–water partition coefficient (Wildman–Crippen LogP) is 2.29. The number of benzene rings is 1. The van der Waals surface area contributed by atoms with Crippen molar-refractivity contribution in [2.45, 2.75) is 25.5 Å². The normalized spacial score (nSPS) is 18.9. The van der Waals surface area contributed by atoms with Gasteiger partial charge in [-0.1, -0.05) is 12.1 Å². The molecule has 0 unspecified atom stereocenters. The van der Waals surface area contributed by atoms with E-state index < -0.39 is 6.61 Å². The van der Waals surface area contributed by atoms with Gasteiger partial charge in [-0.05, 0) is 49.5 Å². The Bertz CT molecular complexity index is 364. The van der Waals surface area contributed by atoms with Crippen LogP contribution >= 0.6 is 0 Å². The zero-order chi connectivity index (χ0) is 13.0. The van der Waals surface area contributed by atoms with Gasteiger partial charge in [-0.2, -0.15) is 8.78 Å². The number of rotatable bonds is 4. The summed E-state index contributed by atoms with van der Waals surface area (Å²) in [7, 11) is 0. The van der Waals surface area contributed by atoms with E-state index in [0.29, 0.717) is 5.92 Å². The minimum atomic E-state index is -2.78. The molecule has 1 aliphatic rings. The molecule has 1 aromatic rings. The number of nitrogens with one attached hydrogen (secondary N) is 1. The first-order valence-electron chi connectivity index (χ1n) is 6.18. The van der Waals surface area contributed by atoms with Crippen LogP contribution in [0, 0.1) is 5.92 Å². The topological polar surface area (TPSA) is 47.3 Å². The van der Waals surface area contributed by atoms with Crippen molar-refractivity contribution in [1.82, 2.24) is 5.32 Å². The van der Waals surface area contributed by atoms with Crippen LogP contribution < -0.4 is 15.8 Å². The van der Waals surface area contributed by atoms with E-state index in [0.717, 1.165) is 31.5 Å². The predicted molar refractivity (Wildman–Crippen MR) is 65.6 cm³/mol. The summed E-state index contributed by atoms with van der Waals surface area (Å²) in [6.07, 6.45) is 2.10. The third-order valence-electron chi connectivity index (χ3n) is 3.38. The Morgan fingerprint density at radius 3 is 2.33 bits per heavy atom. The van der Waals surface area contributed by atoms with Crippen LogP contribution in [0.1, 0.15) is 24.4 Å². The molecule has 0 spiro atoms. The average Bonchev–Trinajstić information content (AvgIpc) is 2.39. The lowest BCUT2D eigenvalue weighted by Crippen LogP contribution is -2.33. The molecule has 2 rings (SSSR count). The average molecular weight is 256 g/mol. The van der Waals surface area contributed by atoms with Gasteiger partial charge in [0, 0.05) is 6.04 Å². The first-order valence-corrected chi connectivity index (χ1v) is 6.18. The molecule has 1 saturated heterocycles. The molecule has 0 aliphatic carbocycles. The van der Waals surface area contributed by atoms with E-state index in [2.05, 4.69) is 10.1 Å². The highest BCUT2D eigenvalue weighted by molar-refractivity contribution is 5.29. The molecule has 18 heavy (non-hydrogen) atoms. The van der Waals surface area contributed by atoms with Crippen molar-refractivity contribution >= 4 is 0 Å². The van der Waals surface area contributed by atoms with Gasteiger partial charge in [-0.3, -0.25) is 0 Å². The molecule has 0 bridgehead atoms. The second-order valence-electron chi connectivity index (χ2n) is 4.56. The van der Waals surface area contributed by atoms with Gasteiger partial charge in [-0.25, -0.2) is 0 Å². The summed E-state index contributed by atoms with van der Waals surface area (Å²) in [5, 5.41) is 3.29. The summed E-state index contributed by atoms with van der Waals surface area (Å²) in [5.41, 5.74) is 7.18. The van der Waals surface area contributed by atoms with E-state index in [-0.39, 0.29) is 11.8 Å². The van der Waals surface area contributed by atoms with Gasteiger partial charge in [0.15, 0.2) is 0 Å². The first-order chi connectivity index (χ1) is 8.66. The van der Waals surface area contributed by atoms with Gasteiger partial charge in [0.1, 0.15) is 5.75 Å². The van der Waals surface area contributed by atoms with Gasteiger partial charge in [0.25, 0.3) is 0 Å². The fraction of sp³-hybridized carbons (Fsp3) is 0.538. The molecule has 3 nitrogen and oxygen atoms in total. The molecular weight excluding hydrogens is 238 g/mol. The molecule has 0 aromatic heterocycles. The fourth-order valence-electron chi connectivity index (χ4n) is 2.35. The number of halogens is 2. The number of nitrogens with two attached hydrogens (primary N) is 1. The van der Waals surface area contributed by atoms with Gasteiger partial charge in [-0.15, -0.1) is 0 Å². The second kappa shape index (κ2) is 6.11. The van der Waals surface area contributed by atoms with E-state index in [1.54, 1.807) is 24.3 Å². The Hall–Kier alpha value is -1.20. The van der Waals surface area contributed by atoms with Crippen LogP contribution in [0.15, 0.2) is 24.3 Å². The van der Waals surface area contributed by atoms with Crippen LogP contribution in [-0.2, 0) is 0 Å². The monoisotopic (exact) mass is 256 g/mol. The quantitative estimate of drug-likeness (QED) is 0.869. The Kier molecular flexibility index (Phi) is 4.49. The van der Waals surface area contributed by atoms with Crippen molar-refractivity contribution in [3.05, 3.63) is 29.8 Å². The van der Waals surface area contributed by atoms with Crippen molar-refractivity contribution in [2.24, 2.45) is 11.7 Å². The summed E-state index contributed by atoms with van der Waals surface area (Å²) >= 11 is 0. The highest BCUT2D eigenvalue weighted by Gasteiger charge is 2.21. The smallest absolute Gasteiger partial charge is 0.387 e. The van der Waals surface area contributed by atoms with Crippen molar-refractivity contribution < 1.29 is 13.5 Å². The number of ether oxygens (including phenoxy) is 1. The minimum Gasteiger partial charge on any atom is -0.435 e. The summed E-state index contributed by atoms with van der Waals surface area (Å²) in [5.74, 6) is 0.624. The van der Waals surface area contributed by atoms with Crippen LogP contribution in [0.5, 0.6) is 5.75 Å². The fourth-order valence-corrected chi connectivity index (χ4v) is 2.35. The van der Waals surface area contributed by atoms with Crippen molar-refractivity contribution in [3.8, 4) is 5.75 Å². The van der Waals surface area contributed by atoms with Crippen LogP contribution in [-0.4, -0.2) is 19.7 Å². The largest absolute Gasteiger partial charge is 0.435 e. The molecule has 1 heterocycles. The maximum absolute atomic E-state index is 12.0. The number of hydrogen-bond donors (Lipinski definition) is 2. The Balaban J connectivity index is 1.99. The maximum Gasteiger partial charge on any atom is 0.387 e. The Morgan fingerprint density at radius 2 is 1.78 bits per heavy atom. The molecule has 3 N–H and O–H groups in total. The van der Waals surface area contributed by atoms with Gasteiger partial charge in [0.2, 0.25) is 0 Å². The minimum absolute atomic E-state index is 0.0345. The van der Waals surface area contributed by atoms with E-state index in [9.17, 15) is 8.78 Å². The van der Waals surface area contributed by atoms with E-state index in [1.165, 1.54) is 0 Å². The molecule has 0 amide bonds. The zero-order valence-electron chi connectivity index (χ0n) is 10.1. The molecule has 1 fully saturated rings. The highest BCUT2D eigenvalue weighted by Crippen LogP contribution is 2.28. The highest BCUT2D eigenvalue weighted by atomic mass is 19.3. The van der Waals surface area contributed by atoms with Crippen molar-refractivity contribution in [3.63, 3.8) is 0 Å². The molecule has 1 aromatic carbocycles. The molecule has 1 aliphatic heterocycles. The van der Waals surface area contributed by atoms with Gasteiger partial charge < -0.3 is 15.8 Å². The molecule has 1 atom stereocenters. The van der Waals surface area contributed by atoms with Gasteiger partial charge >= 0.3 is 6.61 Å². The lowest BCUT2D eigenvalue weighted by Gasteiger charge is -2.28. The number of piperidine rings is 1. The molecular formula is C13H18F2N2O. The van der Waals surface area contributed by atoms with Crippen LogP contribution in [0.2, 0.25) is 0 Å². The first kappa shape index (κ1) is 13.2. The molecule has 0 radical (unpaired) electrons. The molecule has 5 heteroatoms. The second-order valence-corrected chi connectivity index (χ2v) is 4.56. The van der Waals surface area contributed by atoms with Crippen molar-refractivity contribution in [1.29, 1.82) is 0 Å². The molecule has 0 saturated carbocycles. The van der Waals surface area contributed by atoms with Crippen molar-refractivity contribution in [2.75, 3.05) is 13.1 Å². The third kappa shape index (κ3) is 3.40. The standard InChI is InChI=1S/C13H18F2N2O/c14-13(15)18-11-3-1-9(2-4-11)12(16)10-5-7-17-8-6-10/h1-4,10,12-13,17H,5-8,16H2/t12-/m0/s1. The lowest BCUT2D eigenvalue weighted by atomic mass is 9.86. The maximum atomic E-state index is 12.0. The number of hydrogen-bond acceptors (Lipinski definition) is 3. The molecule has 100 valence electrons. The summed E-state index contributed by atoms with van der Waals surface area (Å²) in [6.45, 7) is -0.801. The summed E-state index contributed by atoms with van der Waals surface area (Å²) in [4.78, 5) is 0. The van der Waals surface area contributed by atoms with Gasteiger partial charge in [0.05, 0.1) is 0 Å². The number of alkyl halides is 2. The zero-order valence-corrected chi connectivity index (χ0v) is 10.1. The van der Waals surface area contributed by atoms with E-state index in [4.69, 9.17) is 5.73 Å². The summed E-state index contributed by atoms with van der Waals surface area (Å²) < 4.78 is 28.3. The van der Waals surface area contributed by atoms with E-state index >= 15 is 0 Å². The Morgan fingerprint density at radius 1 is 1.17 bits per heavy atom.